The summed E-state index contributed by atoms with van der Waals surface area (Å²) in [5.74, 6) is 0.829. The van der Waals surface area contributed by atoms with Crippen molar-refractivity contribution in [2.24, 2.45) is 11.1 Å². The molecule has 3 aliphatic heterocycles. The van der Waals surface area contributed by atoms with E-state index in [1.165, 1.54) is 22.7 Å². The monoisotopic (exact) mass is 557 g/mol. The number of nitrogens with zero attached hydrogens (tertiary/aromatic N) is 6. The Kier molecular flexibility index (Phi) is 6.89. The number of hydrogen-bond acceptors (Lipinski definition) is 10. The second-order valence-electron chi connectivity index (χ2n) is 9.90. The smallest absolute Gasteiger partial charge is 0.410 e. The molecule has 5 heterocycles. The van der Waals surface area contributed by atoms with E-state index >= 15 is 0 Å². The van der Waals surface area contributed by atoms with E-state index in [-0.39, 0.29) is 23.1 Å². The average molecular weight is 558 g/mol. The lowest BCUT2D eigenvalue weighted by atomic mass is 9.75. The number of anilines is 1. The number of rotatable bonds is 6. The summed E-state index contributed by atoms with van der Waals surface area (Å²) in [6, 6.07) is 3.71. The maximum atomic E-state index is 13.2. The molecule has 1 amide bonds. The maximum Gasteiger partial charge on any atom is 0.410 e. The van der Waals surface area contributed by atoms with Gasteiger partial charge in [0.2, 0.25) is 0 Å². The van der Waals surface area contributed by atoms with E-state index in [1.807, 2.05) is 6.07 Å². The fraction of sp³-hybridized carbons (Fsp3) is 0.480. The lowest BCUT2D eigenvalue weighted by Gasteiger charge is -2.41. The number of carbonyl (C=O) groups is 1. The molecule has 13 heteroatoms. The second kappa shape index (κ2) is 10.3. The van der Waals surface area contributed by atoms with Crippen molar-refractivity contribution in [3.05, 3.63) is 46.2 Å². The Morgan fingerprint density at radius 3 is 2.63 bits per heavy atom. The average Bonchev–Trinajstić information content (AvgIpc) is 3.50. The van der Waals surface area contributed by atoms with Gasteiger partial charge in [0.1, 0.15) is 17.5 Å². The van der Waals surface area contributed by atoms with Crippen LogP contribution in [-0.2, 0) is 16.0 Å². The fourth-order valence-electron chi connectivity index (χ4n) is 5.29. The van der Waals surface area contributed by atoms with Gasteiger partial charge in [-0.25, -0.2) is 19.7 Å². The Bertz CT molecular complexity index is 1410. The number of benzene rings is 1. The van der Waals surface area contributed by atoms with E-state index in [0.717, 1.165) is 38.4 Å². The van der Waals surface area contributed by atoms with Crippen LogP contribution in [0.4, 0.5) is 10.6 Å². The summed E-state index contributed by atoms with van der Waals surface area (Å²) in [6.07, 6.45) is 6.58. The van der Waals surface area contributed by atoms with Gasteiger partial charge in [0, 0.05) is 42.5 Å². The highest BCUT2D eigenvalue weighted by Crippen LogP contribution is 2.40. The van der Waals surface area contributed by atoms with Crippen LogP contribution in [0.1, 0.15) is 12.8 Å². The quantitative estimate of drug-likeness (QED) is 0.482. The molecular weight excluding hydrogens is 530 g/mol. The Morgan fingerprint density at radius 1 is 1.11 bits per heavy atom. The van der Waals surface area contributed by atoms with Crippen LogP contribution in [0.5, 0.6) is 0 Å². The molecule has 2 N–H and O–H groups in total. The van der Waals surface area contributed by atoms with Crippen molar-refractivity contribution in [2.75, 3.05) is 50.9 Å². The van der Waals surface area contributed by atoms with Crippen molar-refractivity contribution in [3.8, 4) is 0 Å². The van der Waals surface area contributed by atoms with Gasteiger partial charge in [-0.05, 0) is 25.0 Å². The van der Waals surface area contributed by atoms with Gasteiger partial charge in [-0.15, -0.1) is 0 Å². The van der Waals surface area contributed by atoms with Crippen LogP contribution in [0.15, 0.2) is 45.6 Å². The highest BCUT2D eigenvalue weighted by Gasteiger charge is 2.44. The zero-order chi connectivity index (χ0) is 26.3. The normalized spacial score (nSPS) is 21.0. The van der Waals surface area contributed by atoms with E-state index < -0.39 is 0 Å². The van der Waals surface area contributed by atoms with Gasteiger partial charge >= 0.3 is 6.09 Å². The summed E-state index contributed by atoms with van der Waals surface area (Å²) >= 11 is 8.05. The first-order valence-corrected chi connectivity index (χ1v) is 13.8. The SMILES string of the molecule is N[C@@H]1COCC12CCN(c1cnc(Sc3ccc4ncn(CCN5CCOC5=O)c(=O)c4c3Cl)cn1)CC2. The number of aromatic nitrogens is 4. The van der Waals surface area contributed by atoms with Crippen LogP contribution < -0.4 is 16.2 Å². The number of cyclic esters (lactones) is 1. The van der Waals surface area contributed by atoms with Gasteiger partial charge < -0.3 is 25.0 Å². The highest BCUT2D eigenvalue weighted by atomic mass is 35.5. The third kappa shape index (κ3) is 4.70. The van der Waals surface area contributed by atoms with Crippen molar-refractivity contribution in [3.63, 3.8) is 0 Å². The summed E-state index contributed by atoms with van der Waals surface area (Å²) in [6.45, 7) is 4.65. The Morgan fingerprint density at radius 2 is 1.95 bits per heavy atom. The van der Waals surface area contributed by atoms with Crippen molar-refractivity contribution in [1.82, 2.24) is 24.4 Å². The van der Waals surface area contributed by atoms with Gasteiger partial charge in [0.25, 0.3) is 5.56 Å². The van der Waals surface area contributed by atoms with E-state index in [1.54, 1.807) is 23.4 Å². The molecule has 1 atom stereocenters. The molecule has 3 aliphatic rings. The minimum Gasteiger partial charge on any atom is -0.448 e. The molecule has 1 aromatic carbocycles. The lowest BCUT2D eigenvalue weighted by molar-refractivity contribution is 0.131. The third-order valence-electron chi connectivity index (χ3n) is 7.74. The number of nitrogens with two attached hydrogens (primary N) is 1. The van der Waals surface area contributed by atoms with Crippen LogP contribution in [0.25, 0.3) is 10.9 Å². The summed E-state index contributed by atoms with van der Waals surface area (Å²) in [7, 11) is 0. The lowest BCUT2D eigenvalue weighted by Crippen LogP contribution is -2.49. The minimum absolute atomic E-state index is 0.0833. The molecule has 0 saturated carbocycles. The van der Waals surface area contributed by atoms with E-state index in [9.17, 15) is 9.59 Å². The summed E-state index contributed by atoms with van der Waals surface area (Å²) in [5, 5.41) is 1.33. The van der Waals surface area contributed by atoms with Gasteiger partial charge in [0.05, 0.1) is 54.4 Å². The number of ether oxygens (including phenoxy) is 2. The molecule has 0 radical (unpaired) electrons. The Labute approximate surface area is 228 Å². The predicted molar refractivity (Wildman–Crippen MR) is 143 cm³/mol. The highest BCUT2D eigenvalue weighted by molar-refractivity contribution is 7.99. The first-order valence-electron chi connectivity index (χ1n) is 12.6. The van der Waals surface area contributed by atoms with Gasteiger partial charge in [-0.1, -0.05) is 23.4 Å². The number of piperidine rings is 1. The summed E-state index contributed by atoms with van der Waals surface area (Å²) < 4.78 is 12.0. The number of carbonyl (C=O) groups excluding carboxylic acids is 1. The molecular formula is C25H28ClN7O4S. The number of halogens is 1. The largest absolute Gasteiger partial charge is 0.448 e. The minimum atomic E-state index is -0.368. The maximum absolute atomic E-state index is 13.2. The number of hydrogen-bond donors (Lipinski definition) is 1. The van der Waals surface area contributed by atoms with Crippen LogP contribution >= 0.6 is 23.4 Å². The molecule has 0 bridgehead atoms. The molecule has 6 rings (SSSR count). The predicted octanol–water partition coefficient (Wildman–Crippen LogP) is 2.39. The molecule has 200 valence electrons. The Hall–Kier alpha value is -2.93. The van der Waals surface area contributed by atoms with Gasteiger partial charge in [-0.2, -0.15) is 0 Å². The first-order chi connectivity index (χ1) is 18.4. The molecule has 38 heavy (non-hydrogen) atoms. The van der Waals surface area contributed by atoms with E-state index in [4.69, 9.17) is 26.8 Å². The van der Waals surface area contributed by atoms with Crippen LogP contribution in [0.2, 0.25) is 5.02 Å². The molecule has 3 fully saturated rings. The molecule has 0 aliphatic carbocycles. The summed E-state index contributed by atoms with van der Waals surface area (Å²) in [4.78, 5) is 43.0. The number of fused-ring (bicyclic) bond motifs is 1. The van der Waals surface area contributed by atoms with Crippen LogP contribution in [0, 0.1) is 5.41 Å². The van der Waals surface area contributed by atoms with Crippen molar-refractivity contribution >= 4 is 46.2 Å². The topological polar surface area (TPSA) is 129 Å². The van der Waals surface area contributed by atoms with Crippen molar-refractivity contribution in [2.45, 2.75) is 35.3 Å². The fourth-order valence-corrected chi connectivity index (χ4v) is 6.41. The van der Waals surface area contributed by atoms with Crippen LogP contribution in [-0.4, -0.2) is 82.6 Å². The molecule has 1 spiro atoms. The second-order valence-corrected chi connectivity index (χ2v) is 11.3. The standard InChI is InChI=1S/C25H28ClN7O4S/c26-22-17(2-1-16-21(22)23(34)33(15-30-16)8-7-32-9-10-37-24(32)35)38-20-12-28-19(11-29-20)31-5-3-25(4-6-31)14-36-13-18(25)27/h1-2,11-12,15,18H,3-10,13-14,27H2/t18-/m1/s1. The molecule has 3 aromatic rings. The Balaban J connectivity index is 1.15. The zero-order valence-electron chi connectivity index (χ0n) is 20.7. The first kappa shape index (κ1) is 25.4. The summed E-state index contributed by atoms with van der Waals surface area (Å²) in [5.41, 5.74) is 6.64. The molecule has 2 aromatic heterocycles. The van der Waals surface area contributed by atoms with E-state index in [0.29, 0.717) is 58.7 Å². The zero-order valence-corrected chi connectivity index (χ0v) is 22.3. The van der Waals surface area contributed by atoms with Gasteiger partial charge in [-0.3, -0.25) is 9.36 Å². The van der Waals surface area contributed by atoms with E-state index in [2.05, 4.69) is 19.9 Å². The van der Waals surface area contributed by atoms with Crippen molar-refractivity contribution < 1.29 is 14.3 Å². The molecule has 0 unspecified atom stereocenters. The van der Waals surface area contributed by atoms with Crippen molar-refractivity contribution in [1.29, 1.82) is 0 Å². The molecule has 3 saturated heterocycles. The number of amides is 1. The molecule has 11 nitrogen and oxygen atoms in total. The third-order valence-corrected chi connectivity index (χ3v) is 9.22. The van der Waals surface area contributed by atoms with Crippen LogP contribution in [0.3, 0.4) is 0 Å². The van der Waals surface area contributed by atoms with Gasteiger partial charge in [0.15, 0.2) is 0 Å².